The van der Waals surface area contributed by atoms with Crippen molar-refractivity contribution in [3.8, 4) is 0 Å². The predicted molar refractivity (Wildman–Crippen MR) is 58.1 cm³/mol. The van der Waals surface area contributed by atoms with Crippen LogP contribution in [0.4, 0.5) is 0 Å². The van der Waals surface area contributed by atoms with Gasteiger partial charge in [0.05, 0.1) is 6.10 Å². The van der Waals surface area contributed by atoms with Gasteiger partial charge in [-0.3, -0.25) is 0 Å². The van der Waals surface area contributed by atoms with Crippen LogP contribution in [0.2, 0.25) is 0 Å². The van der Waals surface area contributed by atoms with E-state index in [-0.39, 0.29) is 11.5 Å². The van der Waals surface area contributed by atoms with E-state index >= 15 is 0 Å². The largest absolute Gasteiger partial charge is 0.393 e. The molecule has 0 unspecified atom stereocenters. The maximum Gasteiger partial charge on any atom is 0.229 e. The van der Waals surface area contributed by atoms with E-state index in [1.165, 1.54) is 12.8 Å². The fraction of sp³-hybridized carbons (Fsp3) is 0.833. The molecule has 3 rings (SSSR count). The second kappa shape index (κ2) is 3.55. The molecule has 0 aliphatic heterocycles. The molecule has 2 aliphatic carbocycles. The predicted octanol–water partition coefficient (Wildman–Crippen LogP) is 2.14. The summed E-state index contributed by atoms with van der Waals surface area (Å²) in [4.78, 5) is 4.53. The van der Waals surface area contributed by atoms with Crippen molar-refractivity contribution in [2.24, 2.45) is 0 Å². The SMILES string of the molecule is CC1(c2noc(C3CCC(O)CC3)n2)CC1. The number of aliphatic hydroxyl groups is 1. The highest BCUT2D eigenvalue weighted by atomic mass is 16.5. The van der Waals surface area contributed by atoms with E-state index in [1.54, 1.807) is 0 Å². The molecule has 0 bridgehead atoms. The highest BCUT2D eigenvalue weighted by Gasteiger charge is 2.44. The molecular weight excluding hydrogens is 204 g/mol. The molecule has 0 aromatic carbocycles. The van der Waals surface area contributed by atoms with E-state index in [9.17, 15) is 5.11 Å². The van der Waals surface area contributed by atoms with E-state index < -0.39 is 0 Å². The van der Waals surface area contributed by atoms with Crippen molar-refractivity contribution in [3.63, 3.8) is 0 Å². The zero-order chi connectivity index (χ0) is 11.2. The van der Waals surface area contributed by atoms with Crippen molar-refractivity contribution >= 4 is 0 Å². The van der Waals surface area contributed by atoms with Crippen LogP contribution in [0.1, 0.15) is 63.1 Å². The summed E-state index contributed by atoms with van der Waals surface area (Å²) in [7, 11) is 0. The molecule has 2 aliphatic rings. The van der Waals surface area contributed by atoms with Gasteiger partial charge in [0.15, 0.2) is 5.82 Å². The third-order valence-corrected chi connectivity index (χ3v) is 4.03. The fourth-order valence-corrected chi connectivity index (χ4v) is 2.38. The molecule has 2 saturated carbocycles. The van der Waals surface area contributed by atoms with Gasteiger partial charge in [-0.1, -0.05) is 12.1 Å². The lowest BCUT2D eigenvalue weighted by Crippen LogP contribution is -2.17. The first kappa shape index (κ1) is 10.3. The average Bonchev–Trinajstić information content (AvgIpc) is 2.84. The Kier molecular flexibility index (Phi) is 2.28. The minimum Gasteiger partial charge on any atom is -0.393 e. The van der Waals surface area contributed by atoms with E-state index in [0.717, 1.165) is 37.4 Å². The topological polar surface area (TPSA) is 59.2 Å². The maximum absolute atomic E-state index is 9.45. The summed E-state index contributed by atoms with van der Waals surface area (Å²) in [5.74, 6) is 2.04. The van der Waals surface area contributed by atoms with Gasteiger partial charge in [-0.05, 0) is 38.5 Å². The highest BCUT2D eigenvalue weighted by Crippen LogP contribution is 2.46. The van der Waals surface area contributed by atoms with Crippen molar-refractivity contribution in [2.75, 3.05) is 0 Å². The molecule has 1 aromatic heterocycles. The van der Waals surface area contributed by atoms with Crippen LogP contribution in [-0.2, 0) is 5.41 Å². The molecule has 88 valence electrons. The lowest BCUT2D eigenvalue weighted by molar-refractivity contribution is 0.116. The first-order chi connectivity index (χ1) is 7.67. The first-order valence-corrected chi connectivity index (χ1v) is 6.19. The van der Waals surface area contributed by atoms with Crippen LogP contribution in [0, 0.1) is 0 Å². The lowest BCUT2D eigenvalue weighted by Gasteiger charge is -2.22. The van der Waals surface area contributed by atoms with Gasteiger partial charge in [-0.25, -0.2) is 0 Å². The molecule has 1 aromatic rings. The normalized spacial score (nSPS) is 32.6. The molecule has 1 N–H and O–H groups in total. The van der Waals surface area contributed by atoms with Crippen LogP contribution >= 0.6 is 0 Å². The molecule has 4 nitrogen and oxygen atoms in total. The van der Waals surface area contributed by atoms with Gasteiger partial charge >= 0.3 is 0 Å². The van der Waals surface area contributed by atoms with Crippen LogP contribution in [-0.4, -0.2) is 21.4 Å². The van der Waals surface area contributed by atoms with Crippen molar-refractivity contribution in [1.82, 2.24) is 10.1 Å². The molecule has 0 radical (unpaired) electrons. The zero-order valence-corrected chi connectivity index (χ0v) is 9.65. The second-order valence-electron chi connectivity index (χ2n) is 5.52. The van der Waals surface area contributed by atoms with E-state index in [0.29, 0.717) is 5.92 Å². The van der Waals surface area contributed by atoms with Crippen molar-refractivity contribution in [2.45, 2.75) is 62.9 Å². The first-order valence-electron chi connectivity index (χ1n) is 6.19. The Morgan fingerprint density at radius 2 is 1.94 bits per heavy atom. The molecular formula is C12H18N2O2. The second-order valence-corrected chi connectivity index (χ2v) is 5.52. The summed E-state index contributed by atoms with van der Waals surface area (Å²) in [6, 6.07) is 0. The van der Waals surface area contributed by atoms with Gasteiger partial charge < -0.3 is 9.63 Å². The standard InChI is InChI=1S/C12H18N2O2/c1-12(6-7-12)11-13-10(16-14-11)8-2-4-9(15)5-3-8/h8-9,15H,2-7H2,1H3. The molecule has 0 amide bonds. The van der Waals surface area contributed by atoms with E-state index in [1.807, 2.05) is 0 Å². The van der Waals surface area contributed by atoms with Crippen molar-refractivity contribution in [1.29, 1.82) is 0 Å². The number of hydrogen-bond acceptors (Lipinski definition) is 4. The maximum atomic E-state index is 9.45. The van der Waals surface area contributed by atoms with Gasteiger partial charge in [0.2, 0.25) is 5.89 Å². The Morgan fingerprint density at radius 3 is 2.56 bits per heavy atom. The van der Waals surface area contributed by atoms with Crippen LogP contribution in [0.3, 0.4) is 0 Å². The van der Waals surface area contributed by atoms with Crippen LogP contribution in [0.5, 0.6) is 0 Å². The van der Waals surface area contributed by atoms with Gasteiger partial charge in [0.1, 0.15) is 0 Å². The third kappa shape index (κ3) is 1.75. The van der Waals surface area contributed by atoms with Crippen LogP contribution in [0.25, 0.3) is 0 Å². The number of nitrogens with zero attached hydrogens (tertiary/aromatic N) is 2. The smallest absolute Gasteiger partial charge is 0.229 e. The van der Waals surface area contributed by atoms with Gasteiger partial charge in [0.25, 0.3) is 0 Å². The Hall–Kier alpha value is -0.900. The molecule has 16 heavy (non-hydrogen) atoms. The average molecular weight is 222 g/mol. The Labute approximate surface area is 95.0 Å². The third-order valence-electron chi connectivity index (χ3n) is 4.03. The Balaban J connectivity index is 1.72. The summed E-state index contributed by atoms with van der Waals surface area (Å²) in [6.07, 6.45) is 5.89. The Morgan fingerprint density at radius 1 is 1.25 bits per heavy atom. The minimum atomic E-state index is -0.125. The fourth-order valence-electron chi connectivity index (χ4n) is 2.38. The quantitative estimate of drug-likeness (QED) is 0.832. The van der Waals surface area contributed by atoms with Crippen molar-refractivity contribution in [3.05, 3.63) is 11.7 Å². The lowest BCUT2D eigenvalue weighted by atomic mass is 9.87. The van der Waals surface area contributed by atoms with Gasteiger partial charge in [-0.2, -0.15) is 4.98 Å². The van der Waals surface area contributed by atoms with Crippen LogP contribution < -0.4 is 0 Å². The molecule has 2 fully saturated rings. The van der Waals surface area contributed by atoms with Gasteiger partial charge in [-0.15, -0.1) is 0 Å². The minimum absolute atomic E-state index is 0.125. The van der Waals surface area contributed by atoms with E-state index in [4.69, 9.17) is 4.52 Å². The number of hydrogen-bond donors (Lipinski definition) is 1. The number of aliphatic hydroxyl groups excluding tert-OH is 1. The van der Waals surface area contributed by atoms with Crippen LogP contribution in [0.15, 0.2) is 4.52 Å². The summed E-state index contributed by atoms with van der Waals surface area (Å²) in [5, 5.41) is 13.5. The number of aromatic nitrogens is 2. The van der Waals surface area contributed by atoms with Crippen molar-refractivity contribution < 1.29 is 9.63 Å². The number of rotatable bonds is 2. The summed E-state index contributed by atoms with van der Waals surface area (Å²) < 4.78 is 5.36. The summed E-state index contributed by atoms with van der Waals surface area (Å²) >= 11 is 0. The molecule has 4 heteroatoms. The van der Waals surface area contributed by atoms with E-state index in [2.05, 4.69) is 17.1 Å². The molecule has 0 spiro atoms. The molecule has 1 heterocycles. The monoisotopic (exact) mass is 222 g/mol. The highest BCUT2D eigenvalue weighted by molar-refractivity contribution is 5.15. The molecule has 0 atom stereocenters. The zero-order valence-electron chi connectivity index (χ0n) is 9.65. The van der Waals surface area contributed by atoms with Gasteiger partial charge in [0, 0.05) is 11.3 Å². The Bertz CT molecular complexity index is 376. The summed E-state index contributed by atoms with van der Waals surface area (Å²) in [6.45, 7) is 2.19. The summed E-state index contributed by atoms with van der Waals surface area (Å²) in [5.41, 5.74) is 0.190. The molecule has 0 saturated heterocycles.